The molecule has 0 heterocycles. The van der Waals surface area contributed by atoms with Gasteiger partial charge in [-0.25, -0.2) is 0 Å². The number of rotatable bonds is 2. The summed E-state index contributed by atoms with van der Waals surface area (Å²) in [5.41, 5.74) is 6.65. The van der Waals surface area contributed by atoms with Crippen LogP contribution in [0, 0.1) is 0 Å². The summed E-state index contributed by atoms with van der Waals surface area (Å²) in [6, 6.07) is 7.16. The van der Waals surface area contributed by atoms with Gasteiger partial charge in [0, 0.05) is 0 Å². The minimum absolute atomic E-state index is 0.304. The second-order valence-corrected chi connectivity index (χ2v) is 2.73. The highest BCUT2D eigenvalue weighted by molar-refractivity contribution is 5.28. The van der Waals surface area contributed by atoms with Crippen molar-refractivity contribution in [3.05, 3.63) is 29.8 Å². The third-order valence-electron chi connectivity index (χ3n) is 1.82. The summed E-state index contributed by atoms with van der Waals surface area (Å²) in [5, 5.41) is 8.98. The number of phenols is 1. The van der Waals surface area contributed by atoms with E-state index in [9.17, 15) is 0 Å². The number of hydrogen-bond donors (Lipinski definition) is 2. The Kier molecular flexibility index (Phi) is 2.49. The van der Waals surface area contributed by atoms with E-state index in [4.69, 9.17) is 10.8 Å². The summed E-state index contributed by atoms with van der Waals surface area (Å²) in [6.07, 6.45) is 0. The van der Waals surface area contributed by atoms with Crippen molar-refractivity contribution in [3.8, 4) is 5.75 Å². The summed E-state index contributed by atoms with van der Waals surface area (Å²) in [7, 11) is 0. The minimum atomic E-state index is 0.304. The Morgan fingerprint density at radius 3 is 2.36 bits per heavy atom. The van der Waals surface area contributed by atoms with Crippen LogP contribution < -0.4 is 5.73 Å². The number of benzene rings is 1. The normalized spacial score (nSPS) is 12.9. The highest BCUT2D eigenvalue weighted by Gasteiger charge is 2.01. The Morgan fingerprint density at radius 2 is 1.91 bits per heavy atom. The van der Waals surface area contributed by atoms with Crippen molar-refractivity contribution >= 4 is 0 Å². The molecule has 60 valence electrons. The van der Waals surface area contributed by atoms with E-state index in [0.29, 0.717) is 18.2 Å². The van der Waals surface area contributed by atoms with Crippen molar-refractivity contribution in [2.75, 3.05) is 6.54 Å². The van der Waals surface area contributed by atoms with Crippen molar-refractivity contribution in [1.82, 2.24) is 0 Å². The van der Waals surface area contributed by atoms with Crippen LogP contribution in [0.25, 0.3) is 0 Å². The molecule has 0 bridgehead atoms. The average molecular weight is 151 g/mol. The quantitative estimate of drug-likeness (QED) is 0.672. The molecule has 0 saturated carbocycles. The monoisotopic (exact) mass is 151 g/mol. The molecular formula is C9H13NO. The van der Waals surface area contributed by atoms with Gasteiger partial charge in [0.25, 0.3) is 0 Å². The molecule has 0 aliphatic rings. The summed E-state index contributed by atoms with van der Waals surface area (Å²) in [6.45, 7) is 2.71. The molecule has 2 heteroatoms. The van der Waals surface area contributed by atoms with E-state index >= 15 is 0 Å². The summed E-state index contributed by atoms with van der Waals surface area (Å²) >= 11 is 0. The van der Waals surface area contributed by atoms with Gasteiger partial charge < -0.3 is 10.8 Å². The maximum Gasteiger partial charge on any atom is 0.115 e. The smallest absolute Gasteiger partial charge is 0.115 e. The van der Waals surface area contributed by atoms with Gasteiger partial charge in [-0.2, -0.15) is 0 Å². The largest absolute Gasteiger partial charge is 0.508 e. The third kappa shape index (κ3) is 1.95. The zero-order chi connectivity index (χ0) is 8.27. The Hall–Kier alpha value is -1.02. The van der Waals surface area contributed by atoms with E-state index in [1.54, 1.807) is 12.1 Å². The molecule has 1 aromatic rings. The highest BCUT2D eigenvalue weighted by atomic mass is 16.3. The molecular weight excluding hydrogens is 138 g/mol. The average Bonchev–Trinajstić information content (AvgIpc) is 2.05. The standard InChI is InChI=1S/C9H13NO/c1-7(6-10)8-2-4-9(11)5-3-8/h2-5,7,11H,6,10H2,1H3/t7-/m0/s1. The van der Waals surface area contributed by atoms with Crippen LogP contribution in [0.15, 0.2) is 24.3 Å². The first-order valence-electron chi connectivity index (χ1n) is 3.73. The van der Waals surface area contributed by atoms with E-state index in [-0.39, 0.29) is 0 Å². The summed E-state index contributed by atoms with van der Waals surface area (Å²) < 4.78 is 0. The first-order valence-corrected chi connectivity index (χ1v) is 3.73. The first-order chi connectivity index (χ1) is 5.24. The second-order valence-electron chi connectivity index (χ2n) is 2.73. The zero-order valence-corrected chi connectivity index (χ0v) is 6.62. The molecule has 0 aliphatic heterocycles. The maximum atomic E-state index is 8.98. The molecule has 1 atom stereocenters. The number of aromatic hydroxyl groups is 1. The fraction of sp³-hybridized carbons (Fsp3) is 0.333. The van der Waals surface area contributed by atoms with Crippen molar-refractivity contribution in [1.29, 1.82) is 0 Å². The molecule has 0 spiro atoms. The lowest BCUT2D eigenvalue weighted by Crippen LogP contribution is -2.08. The van der Waals surface area contributed by atoms with Crippen molar-refractivity contribution in [2.45, 2.75) is 12.8 Å². The number of hydrogen-bond acceptors (Lipinski definition) is 2. The molecule has 0 fully saturated rings. The van der Waals surface area contributed by atoms with Gasteiger partial charge in [-0.05, 0) is 30.2 Å². The molecule has 11 heavy (non-hydrogen) atoms. The highest BCUT2D eigenvalue weighted by Crippen LogP contribution is 2.16. The van der Waals surface area contributed by atoms with Crippen molar-refractivity contribution in [3.63, 3.8) is 0 Å². The topological polar surface area (TPSA) is 46.2 Å². The van der Waals surface area contributed by atoms with Gasteiger partial charge in [0.1, 0.15) is 5.75 Å². The predicted molar refractivity (Wildman–Crippen MR) is 45.6 cm³/mol. The Labute approximate surface area is 66.7 Å². The molecule has 0 aromatic heterocycles. The molecule has 0 aliphatic carbocycles. The molecule has 1 rings (SSSR count). The van der Waals surface area contributed by atoms with Crippen LogP contribution in [0.2, 0.25) is 0 Å². The van der Waals surface area contributed by atoms with Gasteiger partial charge in [-0.3, -0.25) is 0 Å². The van der Waals surface area contributed by atoms with E-state index in [2.05, 4.69) is 6.92 Å². The van der Waals surface area contributed by atoms with Crippen LogP contribution in [0.4, 0.5) is 0 Å². The van der Waals surface area contributed by atoms with E-state index in [0.717, 1.165) is 0 Å². The lowest BCUT2D eigenvalue weighted by Gasteiger charge is -2.07. The van der Waals surface area contributed by atoms with Crippen molar-refractivity contribution < 1.29 is 5.11 Å². The van der Waals surface area contributed by atoms with Gasteiger partial charge >= 0.3 is 0 Å². The van der Waals surface area contributed by atoms with Gasteiger partial charge in [-0.15, -0.1) is 0 Å². The Balaban J connectivity index is 2.81. The number of phenolic OH excluding ortho intramolecular Hbond substituents is 1. The fourth-order valence-electron chi connectivity index (χ4n) is 0.939. The molecule has 0 unspecified atom stereocenters. The van der Waals surface area contributed by atoms with Crippen LogP contribution >= 0.6 is 0 Å². The Morgan fingerprint density at radius 1 is 1.36 bits per heavy atom. The molecule has 1 aromatic carbocycles. The van der Waals surface area contributed by atoms with Crippen molar-refractivity contribution in [2.24, 2.45) is 5.73 Å². The molecule has 2 nitrogen and oxygen atoms in total. The number of nitrogens with two attached hydrogens (primary N) is 1. The summed E-state index contributed by atoms with van der Waals surface area (Å²) in [5.74, 6) is 0.675. The van der Waals surface area contributed by atoms with Crippen LogP contribution in [0.1, 0.15) is 18.4 Å². The van der Waals surface area contributed by atoms with Crippen LogP contribution in [-0.2, 0) is 0 Å². The van der Waals surface area contributed by atoms with E-state index in [1.807, 2.05) is 12.1 Å². The lowest BCUT2D eigenvalue weighted by atomic mass is 10.0. The predicted octanol–water partition coefficient (Wildman–Crippen LogP) is 1.45. The summed E-state index contributed by atoms with van der Waals surface area (Å²) in [4.78, 5) is 0. The van der Waals surface area contributed by atoms with Gasteiger partial charge in [0.05, 0.1) is 0 Å². The van der Waals surface area contributed by atoms with Gasteiger partial charge in [0.15, 0.2) is 0 Å². The lowest BCUT2D eigenvalue weighted by molar-refractivity contribution is 0.475. The Bertz CT molecular complexity index is 218. The third-order valence-corrected chi connectivity index (χ3v) is 1.82. The first kappa shape index (κ1) is 8.08. The van der Waals surface area contributed by atoms with Crippen LogP contribution in [0.3, 0.4) is 0 Å². The maximum absolute atomic E-state index is 8.98. The van der Waals surface area contributed by atoms with E-state index < -0.39 is 0 Å². The van der Waals surface area contributed by atoms with Crippen LogP contribution in [-0.4, -0.2) is 11.7 Å². The van der Waals surface area contributed by atoms with Crippen LogP contribution in [0.5, 0.6) is 5.75 Å². The fourth-order valence-corrected chi connectivity index (χ4v) is 0.939. The zero-order valence-electron chi connectivity index (χ0n) is 6.62. The second kappa shape index (κ2) is 3.39. The SMILES string of the molecule is C[C@@H](CN)c1ccc(O)cc1. The van der Waals surface area contributed by atoms with Gasteiger partial charge in [-0.1, -0.05) is 19.1 Å². The molecule has 0 amide bonds. The van der Waals surface area contributed by atoms with Gasteiger partial charge in [0.2, 0.25) is 0 Å². The molecule has 3 N–H and O–H groups in total. The van der Waals surface area contributed by atoms with E-state index in [1.165, 1.54) is 5.56 Å². The minimum Gasteiger partial charge on any atom is -0.508 e. The molecule has 0 radical (unpaired) electrons. The molecule has 0 saturated heterocycles.